The van der Waals surface area contributed by atoms with Crippen molar-refractivity contribution in [2.75, 3.05) is 0 Å². The Kier molecular flexibility index (Phi) is 3.76. The van der Waals surface area contributed by atoms with Crippen molar-refractivity contribution < 1.29 is 4.79 Å². The molecule has 2 aromatic rings. The summed E-state index contributed by atoms with van der Waals surface area (Å²) in [6.45, 7) is 3.56. The van der Waals surface area contributed by atoms with Crippen LogP contribution in [0.1, 0.15) is 27.2 Å². The summed E-state index contributed by atoms with van der Waals surface area (Å²) in [5.41, 5.74) is 2.25. The highest BCUT2D eigenvalue weighted by Gasteiger charge is 2.11. The lowest BCUT2D eigenvalue weighted by molar-refractivity contribution is 0.104. The molecule has 0 bridgehead atoms. The van der Waals surface area contributed by atoms with Gasteiger partial charge in [-0.3, -0.25) is 9.59 Å². The monoisotopic (exact) mass is 253 g/mol. The molecular weight excluding hydrogens is 238 g/mol. The summed E-state index contributed by atoms with van der Waals surface area (Å²) in [6, 6.07) is 11.3. The van der Waals surface area contributed by atoms with E-state index in [4.69, 9.17) is 0 Å². The van der Waals surface area contributed by atoms with Gasteiger partial charge in [0.2, 0.25) is 0 Å². The number of ketones is 1. The SMILES string of the molecule is Cc1cc(C)c(C(=O)/C=C\c2ccccc2)c(=O)[nH]1. The Morgan fingerprint density at radius 2 is 1.84 bits per heavy atom. The minimum absolute atomic E-state index is 0.206. The van der Waals surface area contributed by atoms with E-state index in [0.29, 0.717) is 5.56 Å². The molecule has 19 heavy (non-hydrogen) atoms. The molecule has 1 aromatic heterocycles. The molecule has 96 valence electrons. The van der Waals surface area contributed by atoms with E-state index in [9.17, 15) is 9.59 Å². The van der Waals surface area contributed by atoms with Crippen LogP contribution >= 0.6 is 0 Å². The predicted octanol–water partition coefficient (Wildman–Crippen LogP) is 2.89. The second-order valence-corrected chi connectivity index (χ2v) is 4.45. The van der Waals surface area contributed by atoms with E-state index in [-0.39, 0.29) is 16.9 Å². The molecule has 1 heterocycles. The Labute approximate surface area is 111 Å². The normalized spacial score (nSPS) is 10.8. The van der Waals surface area contributed by atoms with E-state index in [1.54, 1.807) is 26.0 Å². The Morgan fingerprint density at radius 3 is 2.47 bits per heavy atom. The highest BCUT2D eigenvalue weighted by molar-refractivity contribution is 6.07. The van der Waals surface area contributed by atoms with Crippen molar-refractivity contribution in [3.63, 3.8) is 0 Å². The molecule has 0 radical (unpaired) electrons. The van der Waals surface area contributed by atoms with Crippen LogP contribution in [0.4, 0.5) is 0 Å². The number of benzene rings is 1. The minimum atomic E-state index is -0.333. The Hall–Kier alpha value is -2.42. The van der Waals surface area contributed by atoms with Crippen molar-refractivity contribution in [2.24, 2.45) is 0 Å². The molecule has 0 saturated carbocycles. The number of aromatic amines is 1. The third-order valence-corrected chi connectivity index (χ3v) is 2.84. The number of rotatable bonds is 3. The first-order valence-corrected chi connectivity index (χ1v) is 6.06. The maximum Gasteiger partial charge on any atom is 0.259 e. The lowest BCUT2D eigenvalue weighted by atomic mass is 10.1. The summed E-state index contributed by atoms with van der Waals surface area (Å²) < 4.78 is 0. The Morgan fingerprint density at radius 1 is 1.16 bits per heavy atom. The maximum atomic E-state index is 12.1. The van der Waals surface area contributed by atoms with Gasteiger partial charge in [-0.15, -0.1) is 0 Å². The molecule has 3 nitrogen and oxygen atoms in total. The van der Waals surface area contributed by atoms with Crippen LogP contribution in [0.3, 0.4) is 0 Å². The van der Waals surface area contributed by atoms with Crippen molar-refractivity contribution in [3.8, 4) is 0 Å². The van der Waals surface area contributed by atoms with Crippen molar-refractivity contribution in [1.29, 1.82) is 0 Å². The van der Waals surface area contributed by atoms with E-state index in [1.807, 2.05) is 30.3 Å². The lowest BCUT2D eigenvalue weighted by Crippen LogP contribution is -2.19. The van der Waals surface area contributed by atoms with Gasteiger partial charge in [0.25, 0.3) is 5.56 Å². The average Bonchev–Trinajstić information content (AvgIpc) is 2.36. The van der Waals surface area contributed by atoms with Crippen LogP contribution < -0.4 is 5.56 Å². The number of hydrogen-bond acceptors (Lipinski definition) is 2. The summed E-state index contributed by atoms with van der Waals surface area (Å²) >= 11 is 0. The zero-order valence-electron chi connectivity index (χ0n) is 10.9. The van der Waals surface area contributed by atoms with Crippen molar-refractivity contribution in [2.45, 2.75) is 13.8 Å². The molecule has 0 spiro atoms. The first-order valence-electron chi connectivity index (χ1n) is 6.06. The quantitative estimate of drug-likeness (QED) is 0.675. The minimum Gasteiger partial charge on any atom is -0.326 e. The number of carbonyl (C=O) groups excluding carboxylic acids is 1. The molecule has 1 aromatic carbocycles. The number of aryl methyl sites for hydroxylation is 2. The third-order valence-electron chi connectivity index (χ3n) is 2.84. The van der Waals surface area contributed by atoms with Gasteiger partial charge in [-0.25, -0.2) is 0 Å². The van der Waals surface area contributed by atoms with Crippen LogP contribution in [0.25, 0.3) is 6.08 Å². The summed E-state index contributed by atoms with van der Waals surface area (Å²) in [7, 11) is 0. The first kappa shape index (κ1) is 13.0. The van der Waals surface area contributed by atoms with Gasteiger partial charge in [-0.2, -0.15) is 0 Å². The average molecular weight is 253 g/mol. The fraction of sp³-hybridized carbons (Fsp3) is 0.125. The molecule has 0 atom stereocenters. The number of allylic oxidation sites excluding steroid dienone is 1. The molecule has 3 heteroatoms. The van der Waals surface area contributed by atoms with Crippen molar-refractivity contribution in [3.05, 3.63) is 75.2 Å². The largest absolute Gasteiger partial charge is 0.326 e. The fourth-order valence-corrected chi connectivity index (χ4v) is 1.98. The van der Waals surface area contributed by atoms with E-state index >= 15 is 0 Å². The highest BCUT2D eigenvalue weighted by Crippen LogP contribution is 2.07. The Balaban J connectivity index is 2.31. The molecule has 1 N–H and O–H groups in total. The molecular formula is C16H15NO2. The van der Waals surface area contributed by atoms with Crippen LogP contribution in [-0.2, 0) is 0 Å². The van der Waals surface area contributed by atoms with Crippen LogP contribution in [0.15, 0.2) is 47.3 Å². The van der Waals surface area contributed by atoms with Crippen molar-refractivity contribution in [1.82, 2.24) is 4.98 Å². The molecule has 2 rings (SSSR count). The predicted molar refractivity (Wildman–Crippen MR) is 76.3 cm³/mol. The van der Waals surface area contributed by atoms with Gasteiger partial charge in [0.05, 0.1) is 5.56 Å². The number of hydrogen-bond donors (Lipinski definition) is 1. The second-order valence-electron chi connectivity index (χ2n) is 4.45. The standard InChI is InChI=1S/C16H15NO2/c1-11-10-12(2)17-16(19)15(11)14(18)9-8-13-6-4-3-5-7-13/h3-10H,1-2H3,(H,17,19)/b9-8-. The number of carbonyl (C=O) groups is 1. The first-order chi connectivity index (χ1) is 9.08. The molecule has 0 aliphatic rings. The summed E-state index contributed by atoms with van der Waals surface area (Å²) in [5, 5.41) is 0. The fourth-order valence-electron chi connectivity index (χ4n) is 1.98. The molecule has 0 aliphatic heterocycles. The number of H-pyrrole nitrogens is 1. The zero-order valence-corrected chi connectivity index (χ0v) is 10.9. The second kappa shape index (κ2) is 5.48. The van der Waals surface area contributed by atoms with Crippen molar-refractivity contribution >= 4 is 11.9 Å². The number of nitrogens with one attached hydrogen (secondary N) is 1. The van der Waals surface area contributed by atoms with E-state index in [1.165, 1.54) is 6.08 Å². The van der Waals surface area contributed by atoms with Crippen LogP contribution in [0.2, 0.25) is 0 Å². The van der Waals surface area contributed by atoms with Gasteiger partial charge in [0.15, 0.2) is 5.78 Å². The topological polar surface area (TPSA) is 49.9 Å². The molecule has 0 aliphatic carbocycles. The third kappa shape index (κ3) is 3.07. The van der Waals surface area contributed by atoms with Gasteiger partial charge in [0, 0.05) is 5.69 Å². The van der Waals surface area contributed by atoms with Gasteiger partial charge in [0.1, 0.15) is 0 Å². The summed E-state index contributed by atoms with van der Waals surface area (Å²) in [5.74, 6) is -0.275. The molecule has 0 amide bonds. The molecule has 0 saturated heterocycles. The van der Waals surface area contributed by atoms with E-state index in [2.05, 4.69) is 4.98 Å². The Bertz CT molecular complexity index is 682. The number of pyridine rings is 1. The lowest BCUT2D eigenvalue weighted by Gasteiger charge is -2.02. The van der Waals surface area contributed by atoms with Gasteiger partial charge >= 0.3 is 0 Å². The smallest absolute Gasteiger partial charge is 0.259 e. The summed E-state index contributed by atoms with van der Waals surface area (Å²) in [6.07, 6.45) is 3.14. The van der Waals surface area contributed by atoms with E-state index < -0.39 is 0 Å². The maximum absolute atomic E-state index is 12.1. The number of aromatic nitrogens is 1. The molecule has 0 unspecified atom stereocenters. The zero-order chi connectivity index (χ0) is 13.8. The van der Waals surface area contributed by atoms with Gasteiger partial charge in [-0.1, -0.05) is 36.4 Å². The molecule has 0 fully saturated rings. The van der Waals surface area contributed by atoms with Crippen LogP contribution in [0.5, 0.6) is 0 Å². The van der Waals surface area contributed by atoms with Gasteiger partial charge < -0.3 is 4.98 Å². The van der Waals surface area contributed by atoms with E-state index in [0.717, 1.165) is 11.3 Å². The highest BCUT2D eigenvalue weighted by atomic mass is 16.1. The van der Waals surface area contributed by atoms with Gasteiger partial charge in [-0.05, 0) is 37.1 Å². The summed E-state index contributed by atoms with van der Waals surface area (Å²) in [4.78, 5) is 26.5. The van der Waals surface area contributed by atoms with Crippen LogP contribution in [0, 0.1) is 13.8 Å². The van der Waals surface area contributed by atoms with Crippen LogP contribution in [-0.4, -0.2) is 10.8 Å².